The number of benzene rings is 2. The Hall–Kier alpha value is -4.19. The van der Waals surface area contributed by atoms with E-state index < -0.39 is 22.0 Å². The van der Waals surface area contributed by atoms with E-state index in [-0.39, 0.29) is 5.41 Å². The number of nitrogens with one attached hydrogen (secondary N) is 4. The van der Waals surface area contributed by atoms with E-state index in [1.807, 2.05) is 20.8 Å². The number of ether oxygens (including phenoxy) is 1. The number of hydrogen-bond donors (Lipinski definition) is 4. The lowest BCUT2D eigenvalue weighted by Crippen LogP contribution is -2.33. The Kier molecular flexibility index (Phi) is 7.78. The van der Waals surface area contributed by atoms with Crippen molar-refractivity contribution in [2.75, 3.05) is 28.7 Å². The van der Waals surface area contributed by atoms with Gasteiger partial charge in [-0.05, 0) is 47.4 Å². The van der Waals surface area contributed by atoms with Crippen LogP contribution in [0.3, 0.4) is 0 Å². The molecule has 0 aliphatic rings. The predicted molar refractivity (Wildman–Crippen MR) is 140 cm³/mol. The number of nitrogens with zero attached hydrogens (tertiary/aromatic N) is 2. The van der Waals surface area contributed by atoms with Gasteiger partial charge in [0.15, 0.2) is 0 Å². The summed E-state index contributed by atoms with van der Waals surface area (Å²) in [5, 5.41) is 8.73. The zero-order chi connectivity index (χ0) is 26.5. The molecule has 0 radical (unpaired) electrons. The fourth-order valence-electron chi connectivity index (χ4n) is 3.33. The summed E-state index contributed by atoms with van der Waals surface area (Å²) in [6.45, 7) is 6.06. The lowest BCUT2D eigenvalue weighted by atomic mass is 9.85. The number of anilines is 4. The van der Waals surface area contributed by atoms with Crippen LogP contribution < -0.4 is 20.7 Å². The fraction of sp³-hybridized carbons (Fsp3) is 0.250. The van der Waals surface area contributed by atoms with Gasteiger partial charge in [0.05, 0.1) is 25.1 Å². The van der Waals surface area contributed by atoms with Gasteiger partial charge >= 0.3 is 6.03 Å². The quantitative estimate of drug-likeness (QED) is 0.275. The summed E-state index contributed by atoms with van der Waals surface area (Å²) < 4.78 is 30.0. The number of carbonyl (C=O) groups is 2. The summed E-state index contributed by atoms with van der Waals surface area (Å²) in [7, 11) is -1.99. The lowest BCUT2D eigenvalue weighted by molar-refractivity contribution is -0.115. The smallest absolute Gasteiger partial charge is 0.326 e. The van der Waals surface area contributed by atoms with Crippen molar-refractivity contribution in [1.29, 1.82) is 0 Å². The van der Waals surface area contributed by atoms with E-state index in [2.05, 4.69) is 35.4 Å². The van der Waals surface area contributed by atoms with Gasteiger partial charge < -0.3 is 15.4 Å². The molecule has 0 saturated carbocycles. The first-order valence-corrected chi connectivity index (χ1v) is 12.7. The standard InChI is InChI=1S/C24H28N6O5S/c1-24(2,3)19-13-17(28-23(32)29-20(31)10-11-35-4)12-18-21(19)25-14-26-22(18)27-15-6-8-16(9-7-15)30-36(5,33)34/h6-14,30H,1-5H3,(H,25,26,27)(H2,28,29,31,32). The molecule has 0 spiro atoms. The van der Waals surface area contributed by atoms with Crippen LogP contribution in [0.4, 0.5) is 27.7 Å². The van der Waals surface area contributed by atoms with Crippen molar-refractivity contribution in [2.24, 2.45) is 0 Å². The van der Waals surface area contributed by atoms with Crippen LogP contribution >= 0.6 is 0 Å². The van der Waals surface area contributed by atoms with E-state index >= 15 is 0 Å². The maximum absolute atomic E-state index is 12.4. The van der Waals surface area contributed by atoms with Crippen molar-refractivity contribution in [3.05, 3.63) is 60.6 Å². The summed E-state index contributed by atoms with van der Waals surface area (Å²) in [5.74, 6) is -0.150. The Morgan fingerprint density at radius 3 is 2.28 bits per heavy atom. The molecule has 0 aliphatic carbocycles. The number of fused-ring (bicyclic) bond motifs is 1. The van der Waals surface area contributed by atoms with Gasteiger partial charge in [0.25, 0.3) is 5.91 Å². The van der Waals surface area contributed by atoms with Gasteiger partial charge in [-0.1, -0.05) is 20.8 Å². The molecule has 1 aromatic heterocycles. The highest BCUT2D eigenvalue weighted by atomic mass is 32.2. The molecule has 12 heteroatoms. The Morgan fingerprint density at radius 1 is 1.00 bits per heavy atom. The first-order chi connectivity index (χ1) is 16.9. The highest BCUT2D eigenvalue weighted by Crippen LogP contribution is 2.35. The van der Waals surface area contributed by atoms with Crippen molar-refractivity contribution >= 4 is 55.7 Å². The number of urea groups is 1. The second kappa shape index (κ2) is 10.6. The maximum atomic E-state index is 12.4. The molecule has 11 nitrogen and oxygen atoms in total. The third-order valence-corrected chi connectivity index (χ3v) is 5.45. The minimum atomic E-state index is -3.39. The number of aromatic nitrogens is 2. The van der Waals surface area contributed by atoms with E-state index in [1.54, 1.807) is 36.4 Å². The molecular formula is C24H28N6O5S. The lowest BCUT2D eigenvalue weighted by Gasteiger charge is -2.23. The van der Waals surface area contributed by atoms with Gasteiger partial charge in [-0.15, -0.1) is 0 Å². The van der Waals surface area contributed by atoms with Crippen molar-refractivity contribution in [2.45, 2.75) is 26.2 Å². The molecule has 0 saturated heterocycles. The highest BCUT2D eigenvalue weighted by Gasteiger charge is 2.21. The van der Waals surface area contributed by atoms with E-state index in [1.165, 1.54) is 13.4 Å². The summed E-state index contributed by atoms with van der Waals surface area (Å²) in [6, 6.07) is 9.47. The highest BCUT2D eigenvalue weighted by molar-refractivity contribution is 7.92. The Morgan fingerprint density at radius 2 is 1.67 bits per heavy atom. The molecule has 3 rings (SSSR count). The molecule has 0 atom stereocenters. The van der Waals surface area contributed by atoms with Crippen LogP contribution in [0.1, 0.15) is 26.3 Å². The molecule has 0 fully saturated rings. The topological polar surface area (TPSA) is 151 Å². The average Bonchev–Trinajstić information content (AvgIpc) is 2.77. The summed E-state index contributed by atoms with van der Waals surface area (Å²) >= 11 is 0. The summed E-state index contributed by atoms with van der Waals surface area (Å²) in [5.41, 5.74) is 2.77. The maximum Gasteiger partial charge on any atom is 0.326 e. The third kappa shape index (κ3) is 7.15. The minimum Gasteiger partial charge on any atom is -0.504 e. The minimum absolute atomic E-state index is 0.325. The molecule has 0 aliphatic heterocycles. The second-order valence-corrected chi connectivity index (χ2v) is 10.7. The predicted octanol–water partition coefficient (Wildman–Crippen LogP) is 3.85. The Bertz CT molecular complexity index is 1410. The normalized spacial score (nSPS) is 11.8. The molecule has 0 bridgehead atoms. The Labute approximate surface area is 209 Å². The van der Waals surface area contributed by atoms with Crippen LogP contribution in [0.2, 0.25) is 0 Å². The number of hydrogen-bond acceptors (Lipinski definition) is 8. The Balaban J connectivity index is 1.96. The number of methoxy groups -OCH3 is 1. The number of rotatable bonds is 7. The molecule has 36 heavy (non-hydrogen) atoms. The third-order valence-electron chi connectivity index (χ3n) is 4.85. The number of amides is 3. The first-order valence-electron chi connectivity index (χ1n) is 10.8. The molecule has 3 amide bonds. The van der Waals surface area contributed by atoms with Gasteiger partial charge in [0, 0.05) is 28.5 Å². The zero-order valence-corrected chi connectivity index (χ0v) is 21.4. The van der Waals surface area contributed by atoms with Crippen LogP contribution in [0, 0.1) is 0 Å². The fourth-order valence-corrected chi connectivity index (χ4v) is 3.89. The SMILES string of the molecule is COC=CC(=O)NC(=O)Nc1cc(C(C)(C)C)c2ncnc(Nc3ccc(NS(C)(=O)=O)cc3)c2c1. The van der Waals surface area contributed by atoms with E-state index in [0.717, 1.165) is 24.2 Å². The molecule has 0 unspecified atom stereocenters. The number of sulfonamides is 1. The van der Waals surface area contributed by atoms with Crippen molar-refractivity contribution in [1.82, 2.24) is 15.3 Å². The van der Waals surface area contributed by atoms with Crippen molar-refractivity contribution in [3.8, 4) is 0 Å². The molecule has 1 heterocycles. The average molecular weight is 513 g/mol. The van der Waals surface area contributed by atoms with Gasteiger partial charge in [-0.2, -0.15) is 0 Å². The van der Waals surface area contributed by atoms with Crippen LogP contribution in [0.25, 0.3) is 10.9 Å². The summed E-state index contributed by atoms with van der Waals surface area (Å²) in [6.07, 6.45) is 4.78. The summed E-state index contributed by atoms with van der Waals surface area (Å²) in [4.78, 5) is 33.0. The number of imide groups is 1. The van der Waals surface area contributed by atoms with E-state index in [9.17, 15) is 18.0 Å². The molecule has 4 N–H and O–H groups in total. The van der Waals surface area contributed by atoms with Crippen molar-refractivity contribution in [3.63, 3.8) is 0 Å². The second-order valence-electron chi connectivity index (χ2n) is 8.95. The van der Waals surface area contributed by atoms with Crippen LogP contribution in [0.15, 0.2) is 55.1 Å². The largest absolute Gasteiger partial charge is 0.504 e. The van der Waals surface area contributed by atoms with Crippen LogP contribution in [0.5, 0.6) is 0 Å². The molecule has 190 valence electrons. The van der Waals surface area contributed by atoms with Gasteiger partial charge in [-0.25, -0.2) is 23.2 Å². The monoisotopic (exact) mass is 512 g/mol. The van der Waals surface area contributed by atoms with E-state index in [0.29, 0.717) is 33.8 Å². The molecular weight excluding hydrogens is 484 g/mol. The first kappa shape index (κ1) is 26.4. The van der Waals surface area contributed by atoms with Crippen molar-refractivity contribution < 1.29 is 22.7 Å². The zero-order valence-electron chi connectivity index (χ0n) is 20.5. The van der Waals surface area contributed by atoms with Crippen LogP contribution in [-0.4, -0.2) is 43.7 Å². The van der Waals surface area contributed by atoms with Gasteiger partial charge in [-0.3, -0.25) is 14.8 Å². The van der Waals surface area contributed by atoms with Gasteiger partial charge in [0.1, 0.15) is 12.1 Å². The van der Waals surface area contributed by atoms with Crippen LogP contribution in [-0.2, 0) is 25.0 Å². The number of carbonyl (C=O) groups excluding carboxylic acids is 2. The van der Waals surface area contributed by atoms with E-state index in [4.69, 9.17) is 0 Å². The molecule has 3 aromatic rings. The van der Waals surface area contributed by atoms with Gasteiger partial charge in [0.2, 0.25) is 10.0 Å². The molecule has 2 aromatic carbocycles.